The molecule has 0 aliphatic rings. The summed E-state index contributed by atoms with van der Waals surface area (Å²) in [5, 5.41) is 1.26. The Labute approximate surface area is 150 Å². The lowest BCUT2D eigenvalue weighted by Gasteiger charge is -2.13. The third-order valence-corrected chi connectivity index (χ3v) is 4.32. The molecular weight excluding hydrogens is 337 g/mol. The fraction of sp³-hybridized carbons (Fsp3) is 0.150. The highest BCUT2D eigenvalue weighted by Gasteiger charge is 2.07. The third kappa shape index (κ3) is 5.50. The lowest BCUT2D eigenvalue weighted by molar-refractivity contribution is 0.321. The summed E-state index contributed by atoms with van der Waals surface area (Å²) in [4.78, 5) is 4.30. The van der Waals surface area contributed by atoms with E-state index in [0.29, 0.717) is 18.1 Å². The standard InChI is InChI=1S/C20H18FNO2S/c1-15(25-20-7-2-3-12-22-20)14-23-17-8-10-18(11-9-17)24-19-6-4-5-16(21)13-19/h2-13,15H,14H2,1H3. The smallest absolute Gasteiger partial charge is 0.130 e. The van der Waals surface area contributed by atoms with Gasteiger partial charge in [-0.05, 0) is 55.5 Å². The van der Waals surface area contributed by atoms with Crippen LogP contribution >= 0.6 is 11.8 Å². The molecule has 1 aromatic heterocycles. The highest BCUT2D eigenvalue weighted by molar-refractivity contribution is 7.99. The van der Waals surface area contributed by atoms with Crippen molar-refractivity contribution in [3.63, 3.8) is 0 Å². The molecule has 0 N–H and O–H groups in total. The molecule has 0 saturated carbocycles. The van der Waals surface area contributed by atoms with Crippen molar-refractivity contribution in [3.8, 4) is 17.2 Å². The number of benzene rings is 2. The Bertz CT molecular complexity index is 796. The van der Waals surface area contributed by atoms with Gasteiger partial charge in [0, 0.05) is 17.5 Å². The van der Waals surface area contributed by atoms with Crippen LogP contribution in [0.1, 0.15) is 6.92 Å². The quantitative estimate of drug-likeness (QED) is 0.518. The zero-order chi connectivity index (χ0) is 17.5. The van der Waals surface area contributed by atoms with Gasteiger partial charge in [0.1, 0.15) is 29.7 Å². The number of nitrogens with zero attached hydrogens (tertiary/aromatic N) is 1. The minimum atomic E-state index is -0.322. The van der Waals surface area contributed by atoms with Crippen LogP contribution in [0.2, 0.25) is 0 Å². The summed E-state index contributed by atoms with van der Waals surface area (Å²) in [6, 6.07) is 19.2. The van der Waals surface area contributed by atoms with Gasteiger partial charge in [-0.3, -0.25) is 0 Å². The van der Waals surface area contributed by atoms with E-state index in [9.17, 15) is 4.39 Å². The Balaban J connectivity index is 1.50. The molecule has 0 saturated heterocycles. The molecule has 3 nitrogen and oxygen atoms in total. The fourth-order valence-corrected chi connectivity index (χ4v) is 2.97. The van der Waals surface area contributed by atoms with Gasteiger partial charge >= 0.3 is 0 Å². The minimum Gasteiger partial charge on any atom is -0.492 e. The molecule has 0 amide bonds. The summed E-state index contributed by atoms with van der Waals surface area (Å²) in [5.74, 6) is 1.54. The van der Waals surface area contributed by atoms with Crippen LogP contribution in [0.3, 0.4) is 0 Å². The number of pyridine rings is 1. The molecule has 3 aromatic rings. The zero-order valence-electron chi connectivity index (χ0n) is 13.8. The van der Waals surface area contributed by atoms with Gasteiger partial charge in [0.15, 0.2) is 0 Å². The molecule has 2 aromatic carbocycles. The first-order valence-electron chi connectivity index (χ1n) is 7.93. The minimum absolute atomic E-state index is 0.276. The second-order valence-corrected chi connectivity index (χ2v) is 6.90. The topological polar surface area (TPSA) is 31.4 Å². The largest absolute Gasteiger partial charge is 0.492 e. The number of aromatic nitrogens is 1. The number of hydrogen-bond acceptors (Lipinski definition) is 4. The molecule has 5 heteroatoms. The molecule has 1 atom stereocenters. The maximum Gasteiger partial charge on any atom is 0.130 e. The lowest BCUT2D eigenvalue weighted by Crippen LogP contribution is -2.10. The molecule has 0 aliphatic carbocycles. The van der Waals surface area contributed by atoms with E-state index in [-0.39, 0.29) is 11.1 Å². The van der Waals surface area contributed by atoms with Crippen LogP contribution < -0.4 is 9.47 Å². The number of ether oxygens (including phenoxy) is 2. The Morgan fingerprint density at radius 3 is 2.48 bits per heavy atom. The SMILES string of the molecule is CC(COc1ccc(Oc2cccc(F)c2)cc1)Sc1ccccn1. The van der Waals surface area contributed by atoms with Gasteiger partial charge in [-0.15, -0.1) is 0 Å². The van der Waals surface area contributed by atoms with Gasteiger partial charge < -0.3 is 9.47 Å². The second kappa shape index (κ2) is 8.53. The van der Waals surface area contributed by atoms with E-state index in [0.717, 1.165) is 10.8 Å². The van der Waals surface area contributed by atoms with Crippen molar-refractivity contribution in [2.45, 2.75) is 17.2 Å². The van der Waals surface area contributed by atoms with E-state index >= 15 is 0 Å². The monoisotopic (exact) mass is 355 g/mol. The number of rotatable bonds is 7. The first-order valence-corrected chi connectivity index (χ1v) is 8.81. The molecule has 0 bridgehead atoms. The van der Waals surface area contributed by atoms with Gasteiger partial charge in [0.2, 0.25) is 0 Å². The van der Waals surface area contributed by atoms with E-state index in [2.05, 4.69) is 11.9 Å². The molecule has 1 unspecified atom stereocenters. The van der Waals surface area contributed by atoms with Crippen LogP contribution in [0.15, 0.2) is 78.0 Å². The van der Waals surface area contributed by atoms with E-state index in [1.54, 1.807) is 42.2 Å². The first-order chi connectivity index (χ1) is 12.2. The van der Waals surface area contributed by atoms with Gasteiger partial charge in [0.25, 0.3) is 0 Å². The average Bonchev–Trinajstić information content (AvgIpc) is 2.62. The van der Waals surface area contributed by atoms with Crippen LogP contribution in [0.4, 0.5) is 4.39 Å². The molecule has 0 radical (unpaired) electrons. The molecule has 0 spiro atoms. The van der Waals surface area contributed by atoms with E-state index in [4.69, 9.17) is 9.47 Å². The van der Waals surface area contributed by atoms with E-state index in [1.807, 2.05) is 30.3 Å². The van der Waals surface area contributed by atoms with Crippen molar-refractivity contribution in [1.82, 2.24) is 4.98 Å². The molecule has 1 heterocycles. The molecular formula is C20H18FNO2S. The summed E-state index contributed by atoms with van der Waals surface area (Å²) < 4.78 is 24.6. The van der Waals surface area contributed by atoms with E-state index in [1.165, 1.54) is 12.1 Å². The third-order valence-electron chi connectivity index (χ3n) is 3.30. The zero-order valence-corrected chi connectivity index (χ0v) is 14.6. The number of thioether (sulfide) groups is 1. The van der Waals surface area contributed by atoms with Crippen molar-refractivity contribution >= 4 is 11.8 Å². The molecule has 3 rings (SSSR count). The second-order valence-electron chi connectivity index (χ2n) is 5.44. The van der Waals surface area contributed by atoms with Crippen molar-refractivity contribution in [2.24, 2.45) is 0 Å². The Morgan fingerprint density at radius 2 is 1.76 bits per heavy atom. The molecule has 0 fully saturated rings. The first kappa shape index (κ1) is 17.3. The summed E-state index contributed by atoms with van der Waals surface area (Å²) in [6.45, 7) is 2.67. The molecule has 128 valence electrons. The Kier molecular flexibility index (Phi) is 5.90. The number of halogens is 1. The Hall–Kier alpha value is -2.53. The maximum absolute atomic E-state index is 13.2. The normalized spacial score (nSPS) is 11.8. The predicted molar refractivity (Wildman–Crippen MR) is 98.0 cm³/mol. The van der Waals surface area contributed by atoms with Crippen LogP contribution in [-0.4, -0.2) is 16.8 Å². The van der Waals surface area contributed by atoms with Crippen LogP contribution in [0.5, 0.6) is 17.2 Å². The van der Waals surface area contributed by atoms with E-state index < -0.39 is 0 Å². The summed E-state index contributed by atoms with van der Waals surface area (Å²) >= 11 is 1.67. The summed E-state index contributed by atoms with van der Waals surface area (Å²) in [6.07, 6.45) is 1.78. The summed E-state index contributed by atoms with van der Waals surface area (Å²) in [5.41, 5.74) is 0. The highest BCUT2D eigenvalue weighted by atomic mass is 32.2. The molecule has 25 heavy (non-hydrogen) atoms. The number of hydrogen-bond donors (Lipinski definition) is 0. The van der Waals surface area contributed by atoms with Crippen molar-refractivity contribution in [2.75, 3.05) is 6.61 Å². The van der Waals surface area contributed by atoms with Crippen molar-refractivity contribution in [3.05, 3.63) is 78.7 Å². The van der Waals surface area contributed by atoms with Gasteiger partial charge in [-0.2, -0.15) is 0 Å². The van der Waals surface area contributed by atoms with Crippen molar-refractivity contribution < 1.29 is 13.9 Å². The molecule has 0 aliphatic heterocycles. The highest BCUT2D eigenvalue weighted by Crippen LogP contribution is 2.25. The fourth-order valence-electron chi connectivity index (χ4n) is 2.14. The maximum atomic E-state index is 13.2. The van der Waals surface area contributed by atoms with Crippen LogP contribution in [0, 0.1) is 5.82 Å². The van der Waals surface area contributed by atoms with Crippen molar-refractivity contribution in [1.29, 1.82) is 0 Å². The summed E-state index contributed by atoms with van der Waals surface area (Å²) in [7, 11) is 0. The van der Waals surface area contributed by atoms with Crippen LogP contribution in [-0.2, 0) is 0 Å². The van der Waals surface area contributed by atoms with Gasteiger partial charge in [-0.25, -0.2) is 9.37 Å². The Morgan fingerprint density at radius 1 is 0.960 bits per heavy atom. The average molecular weight is 355 g/mol. The predicted octanol–water partition coefficient (Wildman–Crippen LogP) is 5.57. The van der Waals surface area contributed by atoms with Crippen LogP contribution in [0.25, 0.3) is 0 Å². The van der Waals surface area contributed by atoms with Gasteiger partial charge in [-0.1, -0.05) is 23.9 Å². The lowest BCUT2D eigenvalue weighted by atomic mass is 10.3. The van der Waals surface area contributed by atoms with Gasteiger partial charge in [0.05, 0.1) is 5.03 Å².